The van der Waals surface area contributed by atoms with Crippen molar-refractivity contribution < 1.29 is 4.79 Å². The van der Waals surface area contributed by atoms with Gasteiger partial charge in [0.2, 0.25) is 5.91 Å². The molecule has 2 N–H and O–H groups in total. The van der Waals surface area contributed by atoms with Crippen LogP contribution in [0.2, 0.25) is 0 Å². The van der Waals surface area contributed by atoms with E-state index >= 15 is 0 Å². The summed E-state index contributed by atoms with van der Waals surface area (Å²) in [5.74, 6) is 3.05. The van der Waals surface area contributed by atoms with Crippen molar-refractivity contribution in [3.8, 4) is 0 Å². The molecule has 3 rings (SSSR count). The first-order chi connectivity index (χ1) is 7.34. The summed E-state index contributed by atoms with van der Waals surface area (Å²) in [5.41, 5.74) is 0. The summed E-state index contributed by atoms with van der Waals surface area (Å²) in [6.07, 6.45) is 5.14. The molecule has 3 heteroatoms. The molecular weight excluding hydrogens is 188 g/mol. The summed E-state index contributed by atoms with van der Waals surface area (Å²) in [6, 6.07) is 0. The van der Waals surface area contributed by atoms with Gasteiger partial charge < -0.3 is 10.6 Å². The molecule has 3 aliphatic rings. The van der Waals surface area contributed by atoms with E-state index < -0.39 is 0 Å². The van der Waals surface area contributed by atoms with Gasteiger partial charge in [-0.15, -0.1) is 0 Å². The lowest BCUT2D eigenvalue weighted by atomic mass is 10.1. The van der Waals surface area contributed by atoms with Crippen molar-refractivity contribution in [2.75, 3.05) is 19.6 Å². The molecule has 0 aromatic carbocycles. The van der Waals surface area contributed by atoms with E-state index in [1.54, 1.807) is 0 Å². The van der Waals surface area contributed by atoms with Gasteiger partial charge in [-0.1, -0.05) is 0 Å². The van der Waals surface area contributed by atoms with Crippen LogP contribution in [0.3, 0.4) is 0 Å². The Morgan fingerprint density at radius 3 is 2.87 bits per heavy atom. The quantitative estimate of drug-likeness (QED) is 0.716. The maximum Gasteiger partial charge on any atom is 0.223 e. The highest BCUT2D eigenvalue weighted by molar-refractivity contribution is 5.81. The smallest absolute Gasteiger partial charge is 0.223 e. The second-order valence-electron chi connectivity index (χ2n) is 5.45. The minimum atomic E-state index is 0.332. The second kappa shape index (κ2) is 3.78. The van der Waals surface area contributed by atoms with Crippen LogP contribution in [-0.4, -0.2) is 25.5 Å². The van der Waals surface area contributed by atoms with Gasteiger partial charge in [-0.25, -0.2) is 0 Å². The zero-order valence-corrected chi connectivity index (χ0v) is 9.17. The van der Waals surface area contributed by atoms with Crippen LogP contribution < -0.4 is 10.6 Å². The number of amides is 1. The predicted octanol–water partition coefficient (Wildman–Crippen LogP) is 0.758. The molecule has 2 saturated carbocycles. The Hall–Kier alpha value is -0.570. The molecule has 2 aliphatic carbocycles. The van der Waals surface area contributed by atoms with Crippen LogP contribution in [0, 0.1) is 23.7 Å². The lowest BCUT2D eigenvalue weighted by molar-refractivity contribution is -0.122. The van der Waals surface area contributed by atoms with Crippen LogP contribution in [0.5, 0.6) is 0 Å². The number of carbonyl (C=O) groups excluding carboxylic acids is 1. The van der Waals surface area contributed by atoms with Crippen molar-refractivity contribution in [2.24, 2.45) is 23.7 Å². The molecule has 3 nitrogen and oxygen atoms in total. The fourth-order valence-electron chi connectivity index (χ4n) is 2.83. The Kier molecular flexibility index (Phi) is 2.43. The maximum atomic E-state index is 11.8. The van der Waals surface area contributed by atoms with Crippen molar-refractivity contribution >= 4 is 5.91 Å². The van der Waals surface area contributed by atoms with Gasteiger partial charge in [0.25, 0.3) is 0 Å². The molecule has 1 amide bonds. The van der Waals surface area contributed by atoms with Gasteiger partial charge in [-0.3, -0.25) is 4.79 Å². The van der Waals surface area contributed by atoms with Crippen LogP contribution >= 0.6 is 0 Å². The SMILES string of the molecule is O=C(NCC1CCNC1)C1CC1C1CC1. The number of nitrogens with one attached hydrogen (secondary N) is 2. The minimum Gasteiger partial charge on any atom is -0.356 e. The maximum absolute atomic E-state index is 11.8. The number of hydrogen-bond acceptors (Lipinski definition) is 2. The van der Waals surface area contributed by atoms with E-state index in [0.717, 1.165) is 31.5 Å². The average Bonchev–Trinajstić information content (AvgIpc) is 3.11. The summed E-state index contributed by atoms with van der Waals surface area (Å²) in [6.45, 7) is 3.09. The topological polar surface area (TPSA) is 41.1 Å². The third kappa shape index (κ3) is 2.17. The van der Waals surface area contributed by atoms with Gasteiger partial charge >= 0.3 is 0 Å². The third-order valence-corrected chi connectivity index (χ3v) is 4.13. The highest BCUT2D eigenvalue weighted by Crippen LogP contribution is 2.54. The van der Waals surface area contributed by atoms with Crippen LogP contribution in [0.15, 0.2) is 0 Å². The van der Waals surface area contributed by atoms with Crippen LogP contribution in [0.1, 0.15) is 25.7 Å². The molecule has 1 saturated heterocycles. The number of rotatable bonds is 4. The Morgan fingerprint density at radius 1 is 1.33 bits per heavy atom. The molecule has 0 aromatic heterocycles. The van der Waals surface area contributed by atoms with Gasteiger partial charge in [0, 0.05) is 12.5 Å². The lowest BCUT2D eigenvalue weighted by Crippen LogP contribution is -2.31. The monoisotopic (exact) mass is 208 g/mol. The van der Waals surface area contributed by atoms with Crippen molar-refractivity contribution in [1.29, 1.82) is 0 Å². The van der Waals surface area contributed by atoms with Gasteiger partial charge in [-0.2, -0.15) is 0 Å². The molecule has 0 spiro atoms. The second-order valence-corrected chi connectivity index (χ2v) is 5.45. The highest BCUT2D eigenvalue weighted by atomic mass is 16.2. The van der Waals surface area contributed by atoms with Crippen molar-refractivity contribution in [2.45, 2.75) is 25.7 Å². The Morgan fingerprint density at radius 2 is 2.20 bits per heavy atom. The third-order valence-electron chi connectivity index (χ3n) is 4.13. The largest absolute Gasteiger partial charge is 0.356 e. The summed E-state index contributed by atoms with van der Waals surface area (Å²) in [7, 11) is 0. The highest BCUT2D eigenvalue weighted by Gasteiger charge is 2.50. The standard InChI is InChI=1S/C12H20N2O/c15-12(11-5-10(11)9-1-2-9)14-7-8-3-4-13-6-8/h8-11,13H,1-7H2,(H,14,15). The van der Waals surface area contributed by atoms with E-state index in [-0.39, 0.29) is 0 Å². The Bertz CT molecular complexity index is 256. The van der Waals surface area contributed by atoms with E-state index in [1.807, 2.05) is 0 Å². The summed E-state index contributed by atoms with van der Waals surface area (Å²) < 4.78 is 0. The first-order valence-electron chi connectivity index (χ1n) is 6.33. The molecule has 84 valence electrons. The molecule has 0 bridgehead atoms. The van der Waals surface area contributed by atoms with Crippen molar-refractivity contribution in [3.63, 3.8) is 0 Å². The zero-order chi connectivity index (χ0) is 10.3. The van der Waals surface area contributed by atoms with Gasteiger partial charge in [0.15, 0.2) is 0 Å². The normalized spacial score (nSPS) is 39.1. The molecule has 3 unspecified atom stereocenters. The van der Waals surface area contributed by atoms with Gasteiger partial charge in [0.1, 0.15) is 0 Å². The van der Waals surface area contributed by atoms with Gasteiger partial charge in [0.05, 0.1) is 0 Å². The lowest BCUT2D eigenvalue weighted by Gasteiger charge is -2.09. The summed E-state index contributed by atoms with van der Waals surface area (Å²) >= 11 is 0. The first kappa shape index (κ1) is 9.64. The van der Waals surface area contributed by atoms with E-state index in [2.05, 4.69) is 10.6 Å². The van der Waals surface area contributed by atoms with E-state index in [4.69, 9.17) is 0 Å². The van der Waals surface area contributed by atoms with E-state index in [1.165, 1.54) is 25.7 Å². The summed E-state index contributed by atoms with van der Waals surface area (Å²) in [4.78, 5) is 11.8. The molecule has 1 heterocycles. The Balaban J connectivity index is 1.38. The zero-order valence-electron chi connectivity index (χ0n) is 9.17. The Labute approximate surface area is 91.0 Å². The van der Waals surface area contributed by atoms with Gasteiger partial charge in [-0.05, 0) is 56.5 Å². The molecule has 0 radical (unpaired) electrons. The molecule has 0 aromatic rings. The molecule has 15 heavy (non-hydrogen) atoms. The van der Waals surface area contributed by atoms with Crippen molar-refractivity contribution in [3.05, 3.63) is 0 Å². The van der Waals surface area contributed by atoms with E-state index in [0.29, 0.717) is 17.7 Å². The average molecular weight is 208 g/mol. The predicted molar refractivity (Wildman–Crippen MR) is 58.3 cm³/mol. The summed E-state index contributed by atoms with van der Waals surface area (Å²) in [5, 5.41) is 6.45. The number of carbonyl (C=O) groups is 1. The van der Waals surface area contributed by atoms with Crippen molar-refractivity contribution in [1.82, 2.24) is 10.6 Å². The molecule has 3 fully saturated rings. The molecular formula is C12H20N2O. The molecule has 3 atom stereocenters. The van der Waals surface area contributed by atoms with Crippen LogP contribution in [0.25, 0.3) is 0 Å². The molecule has 1 aliphatic heterocycles. The first-order valence-corrected chi connectivity index (χ1v) is 6.33. The van der Waals surface area contributed by atoms with E-state index in [9.17, 15) is 4.79 Å². The van der Waals surface area contributed by atoms with Crippen LogP contribution in [0.4, 0.5) is 0 Å². The fourth-order valence-corrected chi connectivity index (χ4v) is 2.83. The van der Waals surface area contributed by atoms with Crippen LogP contribution in [-0.2, 0) is 4.79 Å². The number of hydrogen-bond donors (Lipinski definition) is 2. The minimum absolute atomic E-state index is 0.332. The fraction of sp³-hybridized carbons (Fsp3) is 0.917.